The van der Waals surface area contributed by atoms with Gasteiger partial charge in [0.15, 0.2) is 6.61 Å². The highest BCUT2D eigenvalue weighted by atomic mass is 16.5. The summed E-state index contributed by atoms with van der Waals surface area (Å²) in [6.45, 7) is 1.66. The summed E-state index contributed by atoms with van der Waals surface area (Å²) in [5.74, 6) is 0.322. The molecule has 5 nitrogen and oxygen atoms in total. The van der Waals surface area contributed by atoms with Crippen LogP contribution < -0.4 is 10.2 Å². The summed E-state index contributed by atoms with van der Waals surface area (Å²) in [6, 6.07) is 23.1. The van der Waals surface area contributed by atoms with Gasteiger partial charge in [-0.05, 0) is 30.7 Å². The molecule has 3 aromatic rings. The topological polar surface area (TPSA) is 63.6 Å². The molecule has 0 unspecified atom stereocenters. The maximum absolute atomic E-state index is 12.0. The van der Waals surface area contributed by atoms with E-state index in [4.69, 9.17) is 4.74 Å². The van der Waals surface area contributed by atoms with Gasteiger partial charge in [0.1, 0.15) is 5.75 Å². The lowest BCUT2D eigenvalue weighted by atomic mass is 10.1. The van der Waals surface area contributed by atoms with Gasteiger partial charge in [0.2, 0.25) is 0 Å². The summed E-state index contributed by atoms with van der Waals surface area (Å²) in [5, 5.41) is 4.06. The SMILES string of the molecule is C/C(=N/NC(=O)COc1ccccc1-c1ccccc1)c1ccccn1. The number of carbonyl (C=O) groups excluding carboxylic acids is 1. The van der Waals surface area contributed by atoms with Crippen LogP contribution in [0.1, 0.15) is 12.6 Å². The van der Waals surface area contributed by atoms with E-state index in [0.717, 1.165) is 11.1 Å². The van der Waals surface area contributed by atoms with Crippen LogP contribution in [-0.2, 0) is 4.79 Å². The highest BCUT2D eigenvalue weighted by Crippen LogP contribution is 2.29. The number of hydrogen-bond acceptors (Lipinski definition) is 4. The molecule has 3 rings (SSSR count). The normalized spacial score (nSPS) is 11.0. The Bertz CT molecular complexity index is 893. The molecule has 1 amide bonds. The molecule has 2 aromatic carbocycles. The predicted octanol–water partition coefficient (Wildman–Crippen LogP) is 3.67. The summed E-state index contributed by atoms with van der Waals surface area (Å²) >= 11 is 0. The first-order chi connectivity index (χ1) is 12.7. The standard InChI is InChI=1S/C21H19N3O2/c1-16(19-12-7-8-14-22-19)23-24-21(25)15-26-20-13-6-5-11-18(20)17-9-3-2-4-10-17/h2-14H,15H2,1H3,(H,24,25)/b23-16-. The number of aromatic nitrogens is 1. The first-order valence-corrected chi connectivity index (χ1v) is 8.26. The average molecular weight is 345 g/mol. The highest BCUT2D eigenvalue weighted by molar-refractivity contribution is 5.97. The van der Waals surface area contributed by atoms with Crippen LogP contribution in [0.25, 0.3) is 11.1 Å². The molecule has 0 spiro atoms. The second-order valence-electron chi connectivity index (χ2n) is 5.60. The van der Waals surface area contributed by atoms with Crippen molar-refractivity contribution in [1.82, 2.24) is 10.4 Å². The first kappa shape index (κ1) is 17.4. The van der Waals surface area contributed by atoms with E-state index in [1.165, 1.54) is 0 Å². The molecular weight excluding hydrogens is 326 g/mol. The van der Waals surface area contributed by atoms with Crippen molar-refractivity contribution in [2.24, 2.45) is 5.10 Å². The lowest BCUT2D eigenvalue weighted by molar-refractivity contribution is -0.123. The number of nitrogens with one attached hydrogen (secondary N) is 1. The summed E-state index contributed by atoms with van der Waals surface area (Å²) in [7, 11) is 0. The van der Waals surface area contributed by atoms with Crippen LogP contribution in [0.3, 0.4) is 0 Å². The summed E-state index contributed by atoms with van der Waals surface area (Å²) in [6.07, 6.45) is 1.68. The fourth-order valence-electron chi connectivity index (χ4n) is 2.40. The summed E-state index contributed by atoms with van der Waals surface area (Å²) < 4.78 is 5.69. The van der Waals surface area contributed by atoms with Crippen molar-refractivity contribution < 1.29 is 9.53 Å². The Morgan fingerprint density at radius 3 is 2.50 bits per heavy atom. The lowest BCUT2D eigenvalue weighted by Gasteiger charge is -2.11. The maximum Gasteiger partial charge on any atom is 0.277 e. The van der Waals surface area contributed by atoms with E-state index in [2.05, 4.69) is 15.5 Å². The van der Waals surface area contributed by atoms with Crippen molar-refractivity contribution in [2.45, 2.75) is 6.92 Å². The zero-order valence-electron chi connectivity index (χ0n) is 14.4. The molecule has 0 saturated carbocycles. The molecule has 0 fully saturated rings. The minimum Gasteiger partial charge on any atom is -0.483 e. The number of pyridine rings is 1. The number of carbonyl (C=O) groups is 1. The van der Waals surface area contributed by atoms with E-state index in [-0.39, 0.29) is 12.5 Å². The van der Waals surface area contributed by atoms with Gasteiger partial charge in [-0.3, -0.25) is 9.78 Å². The van der Waals surface area contributed by atoms with E-state index in [1.807, 2.05) is 72.8 Å². The summed E-state index contributed by atoms with van der Waals surface area (Å²) in [4.78, 5) is 16.2. The third-order valence-corrected chi connectivity index (χ3v) is 3.71. The van der Waals surface area contributed by atoms with Crippen molar-refractivity contribution in [3.63, 3.8) is 0 Å². The van der Waals surface area contributed by atoms with Crippen LogP contribution in [0.2, 0.25) is 0 Å². The summed E-state index contributed by atoms with van der Waals surface area (Å²) in [5.41, 5.74) is 5.81. The molecule has 0 radical (unpaired) electrons. The van der Waals surface area contributed by atoms with Crippen molar-refractivity contribution in [1.29, 1.82) is 0 Å². The molecule has 0 aliphatic rings. The predicted molar refractivity (Wildman–Crippen MR) is 102 cm³/mol. The molecule has 1 aromatic heterocycles. The van der Waals surface area contributed by atoms with Gasteiger partial charge in [-0.15, -0.1) is 0 Å². The number of nitrogens with zero attached hydrogens (tertiary/aromatic N) is 2. The number of rotatable bonds is 6. The van der Waals surface area contributed by atoms with E-state index in [1.54, 1.807) is 13.1 Å². The number of ether oxygens (including phenoxy) is 1. The minimum atomic E-state index is -0.330. The third-order valence-electron chi connectivity index (χ3n) is 3.71. The maximum atomic E-state index is 12.0. The molecule has 0 saturated heterocycles. The van der Waals surface area contributed by atoms with E-state index < -0.39 is 0 Å². The van der Waals surface area contributed by atoms with Gasteiger partial charge in [-0.25, -0.2) is 5.43 Å². The highest BCUT2D eigenvalue weighted by Gasteiger charge is 2.08. The molecule has 0 aliphatic heterocycles. The monoisotopic (exact) mass is 345 g/mol. The van der Waals surface area contributed by atoms with Gasteiger partial charge in [-0.2, -0.15) is 5.10 Å². The molecule has 130 valence electrons. The zero-order valence-corrected chi connectivity index (χ0v) is 14.4. The number of hydrazone groups is 1. The molecule has 1 N–H and O–H groups in total. The Labute approximate surface area is 152 Å². The van der Waals surface area contributed by atoms with Crippen molar-refractivity contribution in [3.05, 3.63) is 84.7 Å². The van der Waals surface area contributed by atoms with Crippen LogP contribution in [0, 0.1) is 0 Å². The lowest BCUT2D eigenvalue weighted by Crippen LogP contribution is -2.25. The quantitative estimate of drug-likeness (QED) is 0.548. The molecule has 26 heavy (non-hydrogen) atoms. The number of hydrogen-bond donors (Lipinski definition) is 1. The smallest absolute Gasteiger partial charge is 0.277 e. The first-order valence-electron chi connectivity index (χ1n) is 8.26. The van der Waals surface area contributed by atoms with Gasteiger partial charge in [0, 0.05) is 11.8 Å². The number of para-hydroxylation sites is 1. The van der Waals surface area contributed by atoms with Gasteiger partial charge < -0.3 is 4.74 Å². The molecule has 1 heterocycles. The Hall–Kier alpha value is -3.47. The van der Waals surface area contributed by atoms with Crippen LogP contribution in [0.4, 0.5) is 0 Å². The van der Waals surface area contributed by atoms with Gasteiger partial charge in [-0.1, -0.05) is 54.6 Å². The van der Waals surface area contributed by atoms with Crippen molar-refractivity contribution >= 4 is 11.6 Å². The van der Waals surface area contributed by atoms with Crippen molar-refractivity contribution in [2.75, 3.05) is 6.61 Å². The van der Waals surface area contributed by atoms with Crippen LogP contribution in [-0.4, -0.2) is 23.2 Å². The van der Waals surface area contributed by atoms with E-state index in [9.17, 15) is 4.79 Å². The Kier molecular flexibility index (Phi) is 5.72. The number of benzene rings is 2. The second kappa shape index (κ2) is 8.58. The molecule has 0 atom stereocenters. The van der Waals surface area contributed by atoms with Crippen LogP contribution >= 0.6 is 0 Å². The molecule has 0 bridgehead atoms. The fourth-order valence-corrected chi connectivity index (χ4v) is 2.40. The van der Waals surface area contributed by atoms with Crippen molar-refractivity contribution in [3.8, 4) is 16.9 Å². The molecular formula is C21H19N3O2. The van der Waals surface area contributed by atoms with Gasteiger partial charge in [0.05, 0.1) is 11.4 Å². The minimum absolute atomic E-state index is 0.122. The van der Waals surface area contributed by atoms with E-state index in [0.29, 0.717) is 17.2 Å². The molecule has 0 aliphatic carbocycles. The Morgan fingerprint density at radius 2 is 1.73 bits per heavy atom. The van der Waals surface area contributed by atoms with Gasteiger partial charge >= 0.3 is 0 Å². The second-order valence-corrected chi connectivity index (χ2v) is 5.60. The zero-order chi connectivity index (χ0) is 18.2. The Balaban J connectivity index is 1.62. The number of amides is 1. The molecule has 5 heteroatoms. The van der Waals surface area contributed by atoms with Crippen LogP contribution in [0.5, 0.6) is 5.75 Å². The Morgan fingerprint density at radius 1 is 1.00 bits per heavy atom. The largest absolute Gasteiger partial charge is 0.483 e. The third kappa shape index (κ3) is 4.54. The van der Waals surface area contributed by atoms with Crippen LogP contribution in [0.15, 0.2) is 84.1 Å². The van der Waals surface area contributed by atoms with Gasteiger partial charge in [0.25, 0.3) is 5.91 Å². The fraction of sp³-hybridized carbons (Fsp3) is 0.0952. The van der Waals surface area contributed by atoms with E-state index >= 15 is 0 Å². The average Bonchev–Trinajstić information content (AvgIpc) is 2.72.